The highest BCUT2D eigenvalue weighted by molar-refractivity contribution is 7.16. The number of benzene rings is 2. The van der Waals surface area contributed by atoms with Crippen LogP contribution in [0.15, 0.2) is 46.4 Å². The second-order valence-electron chi connectivity index (χ2n) is 10.7. The molecule has 0 spiro atoms. The van der Waals surface area contributed by atoms with E-state index < -0.39 is 0 Å². The van der Waals surface area contributed by atoms with Gasteiger partial charge in [0.1, 0.15) is 22.5 Å². The predicted octanol–water partition coefficient (Wildman–Crippen LogP) is 6.48. The van der Waals surface area contributed by atoms with Gasteiger partial charge in [-0.05, 0) is 51.0 Å². The van der Waals surface area contributed by atoms with Crippen molar-refractivity contribution in [2.45, 2.75) is 78.3 Å². The van der Waals surface area contributed by atoms with Crippen molar-refractivity contribution in [3.05, 3.63) is 46.0 Å². The average Bonchev–Trinajstić information content (AvgIpc) is 3.59. The minimum absolute atomic E-state index is 0.111. The van der Waals surface area contributed by atoms with Crippen molar-refractivity contribution in [1.29, 1.82) is 0 Å². The quantitative estimate of drug-likeness (QED) is 0.106. The maximum Gasteiger partial charge on any atom is 0.248 e. The number of carbonyl (C=O) groups is 2. The van der Waals surface area contributed by atoms with E-state index in [0.717, 1.165) is 70.5 Å². The van der Waals surface area contributed by atoms with Gasteiger partial charge in [0.05, 0.1) is 36.8 Å². The van der Waals surface area contributed by atoms with Gasteiger partial charge in [0.25, 0.3) is 0 Å². The number of methoxy groups -OCH3 is 2. The Morgan fingerprint density at radius 1 is 0.652 bits per heavy atom. The Morgan fingerprint density at radius 2 is 1.07 bits per heavy atom. The molecule has 0 atom stereocenters. The first kappa shape index (κ1) is 35.5. The van der Waals surface area contributed by atoms with Crippen molar-refractivity contribution < 1.29 is 28.5 Å². The molecule has 46 heavy (non-hydrogen) atoms. The van der Waals surface area contributed by atoms with Crippen molar-refractivity contribution in [3.8, 4) is 11.5 Å². The van der Waals surface area contributed by atoms with Crippen molar-refractivity contribution in [1.82, 2.24) is 9.13 Å². The molecule has 2 heterocycles. The molecule has 0 fully saturated rings. The lowest BCUT2D eigenvalue weighted by Gasteiger charge is -2.08. The summed E-state index contributed by atoms with van der Waals surface area (Å²) >= 11 is 2.99. The topological polar surface area (TPSA) is 106 Å². The molecule has 0 unspecified atom stereocenters. The van der Waals surface area contributed by atoms with Crippen molar-refractivity contribution in [2.75, 3.05) is 40.6 Å². The summed E-state index contributed by atoms with van der Waals surface area (Å²) in [4.78, 5) is 35.8. The van der Waals surface area contributed by atoms with Gasteiger partial charge in [0.15, 0.2) is 9.60 Å². The molecular weight excluding hydrogens is 625 g/mol. The van der Waals surface area contributed by atoms with E-state index in [9.17, 15) is 9.59 Å². The highest BCUT2D eigenvalue weighted by Crippen LogP contribution is 2.28. The number of amides is 2. The van der Waals surface area contributed by atoms with Gasteiger partial charge < -0.3 is 28.1 Å². The van der Waals surface area contributed by atoms with Crippen LogP contribution in [0.1, 0.15) is 65.2 Å². The number of hydrogen-bond acceptors (Lipinski definition) is 8. The molecule has 4 aromatic rings. The lowest BCUT2D eigenvalue weighted by Crippen LogP contribution is -2.20. The molecule has 0 saturated carbocycles. The minimum atomic E-state index is -0.111. The van der Waals surface area contributed by atoms with Crippen LogP contribution in [0.3, 0.4) is 0 Å². The molecule has 0 aliphatic heterocycles. The fraction of sp³-hybridized carbons (Fsp3) is 0.529. The molecule has 2 aromatic heterocycles. The van der Waals surface area contributed by atoms with Crippen LogP contribution in [0, 0.1) is 0 Å². The number of aromatic nitrogens is 2. The number of carbonyl (C=O) groups excluding carboxylic acids is 2. The van der Waals surface area contributed by atoms with Gasteiger partial charge in [-0.25, -0.2) is 0 Å². The lowest BCUT2D eigenvalue weighted by atomic mass is 10.1. The summed E-state index contributed by atoms with van der Waals surface area (Å²) in [5, 5.41) is 0. The second kappa shape index (κ2) is 18.7. The van der Waals surface area contributed by atoms with E-state index in [-0.39, 0.29) is 11.8 Å². The SMILES string of the molecule is CCOCCn1c(=NC(=O)CCCCCCCCC(=O)N=c2sc3cccc(OC)c3n2CCOCC)sc2cccc(OC)c21. The summed E-state index contributed by atoms with van der Waals surface area (Å²) in [6, 6.07) is 11.8. The number of unbranched alkanes of at least 4 members (excludes halogenated alkanes) is 5. The van der Waals surface area contributed by atoms with Crippen LogP contribution < -0.4 is 19.1 Å². The fourth-order valence-corrected chi connectivity index (χ4v) is 7.48. The first-order valence-corrected chi connectivity index (χ1v) is 17.8. The largest absolute Gasteiger partial charge is 0.495 e. The Bertz CT molecular complexity index is 1590. The summed E-state index contributed by atoms with van der Waals surface area (Å²) < 4.78 is 28.4. The second-order valence-corrected chi connectivity index (χ2v) is 12.7. The fourth-order valence-electron chi connectivity index (χ4n) is 5.30. The van der Waals surface area contributed by atoms with Gasteiger partial charge in [0.2, 0.25) is 11.8 Å². The number of rotatable bonds is 19. The van der Waals surface area contributed by atoms with Gasteiger partial charge in [-0.15, -0.1) is 0 Å². The molecule has 12 heteroatoms. The van der Waals surface area contributed by atoms with E-state index in [1.165, 1.54) is 22.7 Å². The molecule has 250 valence electrons. The minimum Gasteiger partial charge on any atom is -0.495 e. The van der Waals surface area contributed by atoms with Gasteiger partial charge in [-0.1, -0.05) is 60.5 Å². The Morgan fingerprint density at radius 3 is 1.46 bits per heavy atom. The summed E-state index contributed by atoms with van der Waals surface area (Å²) in [7, 11) is 3.30. The molecule has 0 saturated heterocycles. The number of ether oxygens (including phenoxy) is 4. The lowest BCUT2D eigenvalue weighted by molar-refractivity contribution is -0.119. The van der Waals surface area contributed by atoms with Gasteiger partial charge >= 0.3 is 0 Å². The zero-order valence-corrected chi connectivity index (χ0v) is 29.1. The van der Waals surface area contributed by atoms with E-state index in [2.05, 4.69) is 9.98 Å². The first-order chi connectivity index (χ1) is 22.5. The third-order valence-corrected chi connectivity index (χ3v) is 9.65. The third kappa shape index (κ3) is 9.60. The van der Waals surface area contributed by atoms with E-state index in [0.29, 0.717) is 62.0 Å². The maximum absolute atomic E-state index is 12.8. The van der Waals surface area contributed by atoms with E-state index in [1.807, 2.05) is 59.4 Å². The van der Waals surface area contributed by atoms with Crippen LogP contribution in [-0.4, -0.2) is 61.6 Å². The monoisotopic (exact) mass is 670 g/mol. The molecule has 0 radical (unpaired) electrons. The number of fused-ring (bicyclic) bond motifs is 2. The zero-order valence-electron chi connectivity index (χ0n) is 27.4. The predicted molar refractivity (Wildman–Crippen MR) is 184 cm³/mol. The molecule has 0 bridgehead atoms. The van der Waals surface area contributed by atoms with Crippen molar-refractivity contribution in [2.24, 2.45) is 9.98 Å². The standard InChI is InChI=1S/C34H46N4O6S2/c1-5-43-23-21-37-31-25(41-3)15-13-17-27(31)45-33(37)35-29(39)19-11-9-7-8-10-12-20-30(40)36-34-38(22-24-44-6-2)32-26(42-4)16-14-18-28(32)46-34/h13-18H,5-12,19-24H2,1-4H3. The molecule has 0 aliphatic rings. The molecule has 2 amide bonds. The first-order valence-electron chi connectivity index (χ1n) is 16.1. The molecule has 0 aliphatic carbocycles. The number of thiazole rings is 2. The van der Waals surface area contributed by atoms with Crippen LogP contribution in [0.25, 0.3) is 20.4 Å². The van der Waals surface area contributed by atoms with Gasteiger partial charge in [-0.2, -0.15) is 9.98 Å². The third-order valence-electron chi connectivity index (χ3n) is 7.57. The zero-order chi connectivity index (χ0) is 32.7. The maximum atomic E-state index is 12.8. The molecule has 2 aromatic carbocycles. The molecule has 10 nitrogen and oxygen atoms in total. The van der Waals surface area contributed by atoms with Crippen LogP contribution >= 0.6 is 22.7 Å². The van der Waals surface area contributed by atoms with E-state index in [1.54, 1.807) is 14.2 Å². The van der Waals surface area contributed by atoms with Crippen LogP contribution in [0.2, 0.25) is 0 Å². The Labute approximate surface area is 278 Å². The highest BCUT2D eigenvalue weighted by Gasteiger charge is 2.14. The molecular formula is C34H46N4O6S2. The number of hydrogen-bond donors (Lipinski definition) is 0. The average molecular weight is 671 g/mol. The number of para-hydroxylation sites is 2. The summed E-state index contributed by atoms with van der Waals surface area (Å²) in [6.45, 7) is 7.47. The summed E-state index contributed by atoms with van der Waals surface area (Å²) in [5.41, 5.74) is 1.88. The summed E-state index contributed by atoms with van der Waals surface area (Å²) in [6.07, 6.45) is 6.35. The Hall–Kier alpha value is -3.32. The van der Waals surface area contributed by atoms with E-state index >= 15 is 0 Å². The molecule has 0 N–H and O–H groups in total. The normalized spacial score (nSPS) is 12.4. The van der Waals surface area contributed by atoms with Crippen LogP contribution in [0.4, 0.5) is 0 Å². The van der Waals surface area contributed by atoms with Crippen molar-refractivity contribution >= 4 is 54.9 Å². The van der Waals surface area contributed by atoms with Crippen molar-refractivity contribution in [3.63, 3.8) is 0 Å². The molecule has 4 rings (SSSR count). The van der Waals surface area contributed by atoms with Gasteiger partial charge in [0, 0.05) is 39.1 Å². The summed E-state index contributed by atoms with van der Waals surface area (Å²) in [5.74, 6) is 1.30. The Kier molecular flexibility index (Phi) is 14.5. The van der Waals surface area contributed by atoms with E-state index in [4.69, 9.17) is 18.9 Å². The van der Waals surface area contributed by atoms with Crippen LogP contribution in [0.5, 0.6) is 11.5 Å². The highest BCUT2D eigenvalue weighted by atomic mass is 32.1. The van der Waals surface area contributed by atoms with Gasteiger partial charge in [-0.3, -0.25) is 9.59 Å². The van der Waals surface area contributed by atoms with Crippen LogP contribution in [-0.2, 0) is 32.2 Å². The number of nitrogens with zero attached hydrogens (tertiary/aromatic N) is 4. The Balaban J connectivity index is 1.24. The smallest absolute Gasteiger partial charge is 0.248 e.